The Labute approximate surface area is 345 Å². The molecule has 0 aliphatic carbocycles. The van der Waals surface area contributed by atoms with E-state index in [0.29, 0.717) is 0 Å². The maximum Gasteiger partial charge on any atom is 0.252 e. The van der Waals surface area contributed by atoms with Gasteiger partial charge in [-0.15, -0.1) is 0 Å². The molecule has 0 unspecified atom stereocenters. The molecule has 6 aliphatic rings. The van der Waals surface area contributed by atoms with Gasteiger partial charge in [-0.2, -0.15) is 0 Å². The van der Waals surface area contributed by atoms with Gasteiger partial charge in [0.05, 0.1) is 0 Å². The number of benzene rings is 7. The van der Waals surface area contributed by atoms with E-state index in [1.54, 1.807) is 0 Å². The zero-order valence-corrected chi connectivity index (χ0v) is 33.8. The molecule has 13 rings (SSSR count). The maximum atomic E-state index is 6.74. The van der Waals surface area contributed by atoms with Gasteiger partial charge >= 0.3 is 0 Å². The molecule has 0 N–H and O–H groups in total. The van der Waals surface area contributed by atoms with Crippen molar-refractivity contribution in [2.24, 2.45) is 0 Å². The number of ether oxygens (including phenoxy) is 2. The molecule has 59 heavy (non-hydrogen) atoms. The lowest BCUT2D eigenvalue weighted by atomic mass is 9.33. The van der Waals surface area contributed by atoms with Crippen LogP contribution in [0.5, 0.6) is 23.0 Å². The molecule has 0 amide bonds. The predicted molar refractivity (Wildman–Crippen MR) is 243 cm³/mol. The minimum atomic E-state index is -0.0182. The summed E-state index contributed by atoms with van der Waals surface area (Å²) in [4.78, 5) is 9.97. The molecule has 0 radical (unpaired) electrons. The summed E-state index contributed by atoms with van der Waals surface area (Å²) in [6.07, 6.45) is 2.13. The van der Waals surface area contributed by atoms with Crippen LogP contribution in [-0.2, 0) is 10.8 Å². The first-order valence-electron chi connectivity index (χ1n) is 21.1. The van der Waals surface area contributed by atoms with Crippen LogP contribution in [0.4, 0.5) is 56.9 Å². The van der Waals surface area contributed by atoms with Crippen molar-refractivity contribution >= 4 is 80.0 Å². The minimum Gasteiger partial charge on any atom is -0.457 e. The van der Waals surface area contributed by atoms with E-state index in [1.807, 2.05) is 0 Å². The van der Waals surface area contributed by atoms with Gasteiger partial charge < -0.3 is 29.1 Å². The second-order valence-corrected chi connectivity index (χ2v) is 18.4. The van der Waals surface area contributed by atoms with Crippen LogP contribution in [-0.4, -0.2) is 19.8 Å². The number of hydrogen-bond donors (Lipinski definition) is 0. The van der Waals surface area contributed by atoms with Crippen LogP contribution in [0.15, 0.2) is 140 Å². The molecule has 0 atom stereocenters. The lowest BCUT2D eigenvalue weighted by Crippen LogP contribution is -2.61. The zero-order valence-electron chi connectivity index (χ0n) is 33.8. The SMILES string of the molecule is CC1(C)CCN2c3cccc(c3)Oc3ccc4c(c3)N(c3ccc1c2c3)c1cccc2c1B4c1ccc3cc1N2c1ccc2c(c1)N(CCC2(C)C)c1cccc(c1)O3. The molecule has 7 heteroatoms. The molecule has 286 valence electrons. The summed E-state index contributed by atoms with van der Waals surface area (Å²) < 4.78 is 13.5. The Morgan fingerprint density at radius 3 is 1.37 bits per heavy atom. The van der Waals surface area contributed by atoms with Crippen molar-refractivity contribution < 1.29 is 9.47 Å². The topological polar surface area (TPSA) is 31.4 Å². The van der Waals surface area contributed by atoms with E-state index < -0.39 is 0 Å². The average molecular weight is 767 g/mol. The van der Waals surface area contributed by atoms with Gasteiger partial charge in [0.2, 0.25) is 0 Å². The van der Waals surface area contributed by atoms with E-state index in [0.717, 1.165) is 83.1 Å². The van der Waals surface area contributed by atoms with Crippen molar-refractivity contribution in [3.63, 3.8) is 0 Å². The molecule has 12 bridgehead atoms. The Kier molecular flexibility index (Phi) is 6.53. The first-order valence-corrected chi connectivity index (χ1v) is 21.1. The second-order valence-electron chi connectivity index (χ2n) is 18.4. The fraction of sp³-hybridized carbons (Fsp3) is 0.192. The summed E-state index contributed by atoms with van der Waals surface area (Å²) in [5.74, 6) is 3.32. The van der Waals surface area contributed by atoms with Crippen molar-refractivity contribution in [3.05, 3.63) is 151 Å². The predicted octanol–water partition coefficient (Wildman–Crippen LogP) is 11.6. The van der Waals surface area contributed by atoms with Crippen LogP contribution in [0.2, 0.25) is 0 Å². The van der Waals surface area contributed by atoms with Gasteiger partial charge in [0, 0.05) is 94.2 Å². The molecule has 7 aromatic rings. The molecule has 6 heterocycles. The highest BCUT2D eigenvalue weighted by Crippen LogP contribution is 2.52. The summed E-state index contributed by atoms with van der Waals surface area (Å²) in [6, 6.07) is 51.8. The maximum absolute atomic E-state index is 6.74. The van der Waals surface area contributed by atoms with Crippen LogP contribution in [0.1, 0.15) is 51.7 Å². The largest absolute Gasteiger partial charge is 0.457 e. The highest BCUT2D eigenvalue weighted by atomic mass is 16.5. The van der Waals surface area contributed by atoms with Crippen LogP contribution < -0.4 is 45.5 Å². The molecule has 0 aromatic heterocycles. The number of anilines is 10. The fourth-order valence-electron chi connectivity index (χ4n) is 11.0. The lowest BCUT2D eigenvalue weighted by Gasteiger charge is -2.46. The van der Waals surface area contributed by atoms with Gasteiger partial charge in [-0.3, -0.25) is 0 Å². The fourth-order valence-corrected chi connectivity index (χ4v) is 11.0. The van der Waals surface area contributed by atoms with Gasteiger partial charge in [0.25, 0.3) is 6.71 Å². The van der Waals surface area contributed by atoms with Crippen LogP contribution in [0, 0.1) is 0 Å². The van der Waals surface area contributed by atoms with E-state index in [9.17, 15) is 0 Å². The van der Waals surface area contributed by atoms with Gasteiger partial charge in [0.1, 0.15) is 23.0 Å². The Morgan fingerprint density at radius 1 is 0.424 bits per heavy atom. The van der Waals surface area contributed by atoms with Crippen LogP contribution >= 0.6 is 0 Å². The Morgan fingerprint density at radius 2 is 0.881 bits per heavy atom. The van der Waals surface area contributed by atoms with Crippen molar-refractivity contribution in [2.75, 3.05) is 32.7 Å². The molecule has 7 aromatic carbocycles. The molecule has 0 saturated carbocycles. The number of fused-ring (bicyclic) bond motifs is 16. The van der Waals surface area contributed by atoms with Crippen molar-refractivity contribution in [1.82, 2.24) is 0 Å². The van der Waals surface area contributed by atoms with Crippen molar-refractivity contribution in [2.45, 2.75) is 51.4 Å². The normalized spacial score (nSPS) is 17.6. The third kappa shape index (κ3) is 4.70. The third-order valence-corrected chi connectivity index (χ3v) is 14.1. The van der Waals surface area contributed by atoms with Gasteiger partial charge in [-0.05, 0) is 124 Å². The third-order valence-electron chi connectivity index (χ3n) is 14.1. The summed E-state index contributed by atoms with van der Waals surface area (Å²) in [6.45, 7) is 11.4. The van der Waals surface area contributed by atoms with E-state index in [-0.39, 0.29) is 17.5 Å². The first-order chi connectivity index (χ1) is 28.7. The van der Waals surface area contributed by atoms with Crippen LogP contribution in [0.3, 0.4) is 0 Å². The standard InChI is InChI=1S/C52H43BN4O2/c1-51(2)22-24-54-32-8-5-10-36(26-32)58-38-16-20-42-48(30-38)56(34-14-18-40(51)46(54)28-34)44-12-7-13-45-50(44)53(42)43-21-17-39-31-49(43)57(45)35-15-19-41-47(29-35)55(25-23-52(41,3)4)33-9-6-11-37(27-33)59-39/h5-21,26-31H,22-25H2,1-4H3. The molecular weight excluding hydrogens is 723 g/mol. The van der Waals surface area contributed by atoms with Crippen LogP contribution in [0.25, 0.3) is 0 Å². The molecule has 0 fully saturated rings. The lowest BCUT2D eigenvalue weighted by molar-refractivity contribution is 0.465. The molecular formula is C52H43BN4O2. The Balaban J connectivity index is 1.09. The second kappa shape index (κ2) is 11.5. The molecule has 0 saturated heterocycles. The smallest absolute Gasteiger partial charge is 0.252 e. The van der Waals surface area contributed by atoms with Gasteiger partial charge in [-0.25, -0.2) is 0 Å². The molecule has 6 nitrogen and oxygen atoms in total. The monoisotopic (exact) mass is 766 g/mol. The van der Waals surface area contributed by atoms with E-state index in [4.69, 9.17) is 9.47 Å². The zero-order chi connectivity index (χ0) is 39.4. The number of nitrogens with zero attached hydrogens (tertiary/aromatic N) is 4. The summed E-state index contributed by atoms with van der Waals surface area (Å²) in [7, 11) is 0. The Bertz CT molecular complexity index is 2780. The quantitative estimate of drug-likeness (QED) is 0.143. The number of rotatable bonds is 0. The van der Waals surface area contributed by atoms with E-state index in [2.05, 4.69) is 187 Å². The summed E-state index contributed by atoms with van der Waals surface area (Å²) in [5, 5.41) is 0. The van der Waals surface area contributed by atoms with Crippen molar-refractivity contribution in [1.29, 1.82) is 0 Å². The minimum absolute atomic E-state index is 0.0182. The Hall–Kier alpha value is -6.60. The van der Waals surface area contributed by atoms with Gasteiger partial charge in [-0.1, -0.05) is 70.2 Å². The van der Waals surface area contributed by atoms with E-state index in [1.165, 1.54) is 50.3 Å². The number of hydrogen-bond acceptors (Lipinski definition) is 6. The first kappa shape index (κ1) is 33.4. The summed E-state index contributed by atoms with van der Waals surface area (Å²) in [5.41, 5.74) is 18.4. The van der Waals surface area contributed by atoms with Crippen molar-refractivity contribution in [3.8, 4) is 23.0 Å². The molecule has 0 spiro atoms. The van der Waals surface area contributed by atoms with E-state index >= 15 is 0 Å². The van der Waals surface area contributed by atoms with Gasteiger partial charge in [0.15, 0.2) is 0 Å². The summed E-state index contributed by atoms with van der Waals surface area (Å²) >= 11 is 0. The average Bonchev–Trinajstić information content (AvgIpc) is 3.23. The molecule has 6 aliphatic heterocycles. The highest BCUT2D eigenvalue weighted by Gasteiger charge is 2.45. The highest BCUT2D eigenvalue weighted by molar-refractivity contribution is 7.00.